The third kappa shape index (κ3) is 4.14. The monoisotopic (exact) mass is 384 g/mol. The minimum Gasteiger partial charge on any atom is -0.326 e. The van der Waals surface area contributed by atoms with E-state index in [9.17, 15) is 23.6 Å². The molecule has 0 radical (unpaired) electrons. The summed E-state index contributed by atoms with van der Waals surface area (Å²) in [6.45, 7) is 1.21. The average molecular weight is 384 g/mol. The topological polar surface area (TPSA) is 113 Å². The molecule has 0 saturated heterocycles. The first-order chi connectivity index (χ1) is 13.3. The van der Waals surface area contributed by atoms with E-state index in [1.807, 2.05) is 0 Å². The van der Waals surface area contributed by atoms with Gasteiger partial charge in [0.25, 0.3) is 11.1 Å². The van der Waals surface area contributed by atoms with Crippen LogP contribution in [0, 0.1) is 5.82 Å². The number of halogens is 1. The molecule has 3 rings (SSSR count). The van der Waals surface area contributed by atoms with Gasteiger partial charge in [-0.2, -0.15) is 0 Å². The molecule has 0 aliphatic carbocycles. The summed E-state index contributed by atoms with van der Waals surface area (Å²) in [6.07, 6.45) is -0.0962. The second-order valence-electron chi connectivity index (χ2n) is 6.12. The van der Waals surface area contributed by atoms with E-state index in [0.717, 1.165) is 10.7 Å². The van der Waals surface area contributed by atoms with Crippen LogP contribution in [-0.4, -0.2) is 21.6 Å². The summed E-state index contributed by atoms with van der Waals surface area (Å²) < 4.78 is 14.7. The smallest absolute Gasteiger partial charge is 0.273 e. The maximum atomic E-state index is 13.6. The van der Waals surface area contributed by atoms with Gasteiger partial charge in [0.15, 0.2) is 0 Å². The number of aryl methyl sites for hydroxylation is 1. The SMILES string of the molecule is CC(=O)Nc1cc(NC(=O)CCn2[nH]c(=O)c3ccccc3c2=O)ccc1F. The molecule has 0 bridgehead atoms. The highest BCUT2D eigenvalue weighted by Crippen LogP contribution is 2.19. The molecule has 0 saturated carbocycles. The molecule has 0 fully saturated rings. The van der Waals surface area contributed by atoms with Gasteiger partial charge in [-0.1, -0.05) is 12.1 Å². The summed E-state index contributed by atoms with van der Waals surface area (Å²) in [6, 6.07) is 10.2. The van der Waals surface area contributed by atoms with Crippen molar-refractivity contribution in [1.29, 1.82) is 0 Å². The Bertz CT molecular complexity index is 1180. The van der Waals surface area contributed by atoms with Crippen molar-refractivity contribution in [1.82, 2.24) is 9.78 Å². The largest absolute Gasteiger partial charge is 0.326 e. The summed E-state index contributed by atoms with van der Waals surface area (Å²) in [5.74, 6) is -1.52. The molecule has 2 aromatic carbocycles. The molecule has 0 aliphatic heterocycles. The van der Waals surface area contributed by atoms with Crippen molar-refractivity contribution in [3.8, 4) is 0 Å². The summed E-state index contributed by atoms with van der Waals surface area (Å²) in [4.78, 5) is 47.7. The van der Waals surface area contributed by atoms with E-state index in [1.54, 1.807) is 24.3 Å². The van der Waals surface area contributed by atoms with Gasteiger partial charge in [-0.3, -0.25) is 24.3 Å². The van der Waals surface area contributed by atoms with Crippen molar-refractivity contribution in [3.05, 3.63) is 69.0 Å². The highest BCUT2D eigenvalue weighted by atomic mass is 19.1. The Morgan fingerprint density at radius 2 is 1.79 bits per heavy atom. The molecular weight excluding hydrogens is 367 g/mol. The predicted octanol–water partition coefficient (Wildman–Crippen LogP) is 1.82. The molecule has 28 heavy (non-hydrogen) atoms. The number of hydrogen-bond donors (Lipinski definition) is 3. The van der Waals surface area contributed by atoms with Gasteiger partial charge in [-0.25, -0.2) is 9.07 Å². The Morgan fingerprint density at radius 3 is 2.50 bits per heavy atom. The predicted molar refractivity (Wildman–Crippen MR) is 103 cm³/mol. The van der Waals surface area contributed by atoms with Crippen LogP contribution >= 0.6 is 0 Å². The molecule has 1 aromatic heterocycles. The summed E-state index contributed by atoms with van der Waals surface area (Å²) in [7, 11) is 0. The molecule has 0 spiro atoms. The first-order valence-corrected chi connectivity index (χ1v) is 8.44. The van der Waals surface area contributed by atoms with E-state index < -0.39 is 28.8 Å². The molecule has 3 N–H and O–H groups in total. The molecule has 144 valence electrons. The molecule has 0 atom stereocenters. The minimum atomic E-state index is -0.631. The number of nitrogens with one attached hydrogen (secondary N) is 3. The fourth-order valence-corrected chi connectivity index (χ4v) is 2.73. The highest BCUT2D eigenvalue weighted by Gasteiger charge is 2.10. The van der Waals surface area contributed by atoms with Crippen LogP contribution < -0.4 is 21.8 Å². The minimum absolute atomic E-state index is 0.0372. The fraction of sp³-hybridized carbons (Fsp3) is 0.158. The summed E-state index contributed by atoms with van der Waals surface area (Å²) in [5.41, 5.74) is -0.596. The van der Waals surface area contributed by atoms with Crippen LogP contribution in [0.4, 0.5) is 15.8 Å². The number of aromatic nitrogens is 2. The van der Waals surface area contributed by atoms with Crippen LogP contribution in [0.25, 0.3) is 10.8 Å². The number of benzene rings is 2. The van der Waals surface area contributed by atoms with E-state index in [2.05, 4.69) is 15.7 Å². The van der Waals surface area contributed by atoms with Crippen molar-refractivity contribution in [2.75, 3.05) is 10.6 Å². The number of fused-ring (bicyclic) bond motifs is 1. The second kappa shape index (κ2) is 7.87. The van der Waals surface area contributed by atoms with Gasteiger partial charge in [0.1, 0.15) is 5.82 Å². The van der Waals surface area contributed by atoms with E-state index in [4.69, 9.17) is 0 Å². The maximum absolute atomic E-state index is 13.6. The van der Waals surface area contributed by atoms with Crippen LogP contribution in [0.1, 0.15) is 13.3 Å². The number of anilines is 2. The van der Waals surface area contributed by atoms with Crippen LogP contribution in [0.2, 0.25) is 0 Å². The lowest BCUT2D eigenvalue weighted by Crippen LogP contribution is -2.31. The number of carbonyl (C=O) groups excluding carboxylic acids is 2. The normalized spacial score (nSPS) is 10.6. The van der Waals surface area contributed by atoms with Gasteiger partial charge >= 0.3 is 0 Å². The van der Waals surface area contributed by atoms with Gasteiger partial charge < -0.3 is 10.6 Å². The third-order valence-corrected chi connectivity index (χ3v) is 4.01. The number of hydrogen-bond acceptors (Lipinski definition) is 4. The summed E-state index contributed by atoms with van der Waals surface area (Å²) in [5, 5.41) is 7.88. The van der Waals surface area contributed by atoms with Crippen LogP contribution in [0.15, 0.2) is 52.1 Å². The maximum Gasteiger partial charge on any atom is 0.273 e. The Balaban J connectivity index is 1.72. The van der Waals surface area contributed by atoms with E-state index in [1.165, 1.54) is 19.1 Å². The van der Waals surface area contributed by atoms with E-state index >= 15 is 0 Å². The van der Waals surface area contributed by atoms with Gasteiger partial charge in [0.2, 0.25) is 11.8 Å². The number of nitrogens with zero attached hydrogens (tertiary/aromatic N) is 1. The van der Waals surface area contributed by atoms with Crippen molar-refractivity contribution in [2.24, 2.45) is 0 Å². The van der Waals surface area contributed by atoms with Gasteiger partial charge in [-0.05, 0) is 30.3 Å². The van der Waals surface area contributed by atoms with Crippen LogP contribution in [0.3, 0.4) is 0 Å². The Hall–Kier alpha value is -3.75. The molecule has 2 amide bonds. The lowest BCUT2D eigenvalue weighted by molar-refractivity contribution is -0.116. The quantitative estimate of drug-likeness (QED) is 0.623. The van der Waals surface area contributed by atoms with Crippen molar-refractivity contribution >= 4 is 34.0 Å². The first-order valence-electron chi connectivity index (χ1n) is 8.44. The standard InChI is InChI=1S/C19H17FN4O4/c1-11(25)21-16-10-12(6-7-15(16)20)22-17(26)8-9-24-19(28)14-5-3-2-4-13(14)18(27)23-24/h2-7,10H,8-9H2,1H3,(H,21,25)(H,22,26)(H,23,27). The zero-order valence-corrected chi connectivity index (χ0v) is 14.9. The van der Waals surface area contributed by atoms with E-state index in [-0.39, 0.29) is 35.1 Å². The van der Waals surface area contributed by atoms with Gasteiger partial charge in [0, 0.05) is 19.0 Å². The van der Waals surface area contributed by atoms with Gasteiger partial charge in [-0.15, -0.1) is 0 Å². The lowest BCUT2D eigenvalue weighted by Gasteiger charge is -2.10. The van der Waals surface area contributed by atoms with Crippen LogP contribution in [-0.2, 0) is 16.1 Å². The van der Waals surface area contributed by atoms with E-state index in [0.29, 0.717) is 0 Å². The average Bonchev–Trinajstić information content (AvgIpc) is 2.66. The molecule has 1 heterocycles. The molecule has 9 heteroatoms. The third-order valence-electron chi connectivity index (χ3n) is 4.01. The number of aromatic amines is 1. The van der Waals surface area contributed by atoms with Gasteiger partial charge in [0.05, 0.1) is 23.0 Å². The van der Waals surface area contributed by atoms with Crippen molar-refractivity contribution in [2.45, 2.75) is 19.9 Å². The molecule has 3 aromatic rings. The zero-order chi connectivity index (χ0) is 20.3. The van der Waals surface area contributed by atoms with Crippen molar-refractivity contribution in [3.63, 3.8) is 0 Å². The Labute approximate surface area is 158 Å². The fourth-order valence-electron chi connectivity index (χ4n) is 2.73. The summed E-state index contributed by atoms with van der Waals surface area (Å²) >= 11 is 0. The Kier molecular flexibility index (Phi) is 5.35. The zero-order valence-electron chi connectivity index (χ0n) is 14.9. The number of amides is 2. The van der Waals surface area contributed by atoms with Crippen molar-refractivity contribution < 1.29 is 14.0 Å². The highest BCUT2D eigenvalue weighted by molar-refractivity contribution is 5.93. The number of carbonyl (C=O) groups is 2. The Morgan fingerprint density at radius 1 is 1.07 bits per heavy atom. The molecule has 0 unspecified atom stereocenters. The number of rotatable bonds is 5. The molecular formula is C19H17FN4O4. The molecule has 8 nitrogen and oxygen atoms in total. The lowest BCUT2D eigenvalue weighted by atomic mass is 10.2. The number of H-pyrrole nitrogens is 1. The molecule has 0 aliphatic rings. The first kappa shape index (κ1) is 19.0. The van der Waals surface area contributed by atoms with Crippen LogP contribution in [0.5, 0.6) is 0 Å². The second-order valence-corrected chi connectivity index (χ2v) is 6.12.